The summed E-state index contributed by atoms with van der Waals surface area (Å²) in [6.45, 7) is 5.69. The zero-order valence-electron chi connectivity index (χ0n) is 22.0. The Balaban J connectivity index is 1.47. The number of ether oxygens (including phenoxy) is 2. The molecule has 40 heavy (non-hydrogen) atoms. The van der Waals surface area contributed by atoms with E-state index in [1.165, 1.54) is 12.1 Å². The molecule has 1 saturated heterocycles. The molecule has 0 spiro atoms. The van der Waals surface area contributed by atoms with Crippen molar-refractivity contribution in [1.29, 1.82) is 0 Å². The molecule has 3 aromatic carbocycles. The van der Waals surface area contributed by atoms with Crippen molar-refractivity contribution in [2.45, 2.75) is 25.8 Å². The smallest absolute Gasteiger partial charge is 0.329 e. The first-order chi connectivity index (χ1) is 19.1. The summed E-state index contributed by atoms with van der Waals surface area (Å²) in [7, 11) is 0. The number of rotatable bonds is 9. The van der Waals surface area contributed by atoms with Crippen molar-refractivity contribution >= 4 is 34.2 Å². The van der Waals surface area contributed by atoms with E-state index in [4.69, 9.17) is 9.47 Å². The van der Waals surface area contributed by atoms with Crippen molar-refractivity contribution in [3.05, 3.63) is 98.2 Å². The summed E-state index contributed by atoms with van der Waals surface area (Å²) in [5, 5.41) is 13.9. The molecule has 1 aromatic heterocycles. The molecule has 0 radical (unpaired) electrons. The molecule has 3 N–H and O–H groups in total. The highest BCUT2D eigenvalue weighted by Gasteiger charge is 2.35. The highest BCUT2D eigenvalue weighted by molar-refractivity contribution is 14.1. The number of aromatic nitrogens is 2. The van der Waals surface area contributed by atoms with Gasteiger partial charge in [-0.15, -0.1) is 0 Å². The van der Waals surface area contributed by atoms with E-state index in [1.807, 2.05) is 52.9 Å². The maximum Gasteiger partial charge on any atom is 0.329 e. The van der Waals surface area contributed by atoms with Crippen LogP contribution in [0.2, 0.25) is 0 Å². The second kappa shape index (κ2) is 11.5. The maximum absolute atomic E-state index is 14.6. The van der Waals surface area contributed by atoms with E-state index in [2.05, 4.69) is 17.2 Å². The van der Waals surface area contributed by atoms with E-state index in [0.29, 0.717) is 34.7 Å². The van der Waals surface area contributed by atoms with Crippen molar-refractivity contribution in [2.75, 3.05) is 25.1 Å². The molecule has 1 aliphatic heterocycles. The molecule has 2 heterocycles. The third-order valence-electron chi connectivity index (χ3n) is 7.07. The lowest BCUT2D eigenvalue weighted by atomic mass is 9.90. The van der Waals surface area contributed by atoms with Gasteiger partial charge >= 0.3 is 5.69 Å². The molecule has 1 aliphatic rings. The Hall–Kier alpha value is -3.64. The van der Waals surface area contributed by atoms with E-state index in [0.717, 1.165) is 10.1 Å². The lowest BCUT2D eigenvalue weighted by molar-refractivity contribution is -0.120. The molecule has 0 unspecified atom stereocenters. The number of hydrogen-bond donors (Lipinski definition) is 3. The number of carbonyl (C=O) groups is 1. The Labute approximate surface area is 244 Å². The topological polar surface area (TPSA) is 106 Å². The van der Waals surface area contributed by atoms with Gasteiger partial charge in [-0.2, -0.15) is 0 Å². The fourth-order valence-corrected chi connectivity index (χ4v) is 5.17. The predicted octanol–water partition coefficient (Wildman–Crippen LogP) is 5.69. The fourth-order valence-electron chi connectivity index (χ4n) is 4.71. The van der Waals surface area contributed by atoms with Gasteiger partial charge in [0.15, 0.2) is 0 Å². The summed E-state index contributed by atoms with van der Waals surface area (Å²) in [5.41, 5.74) is 0.773. The Morgan fingerprint density at radius 1 is 1.18 bits per heavy atom. The van der Waals surface area contributed by atoms with Crippen LogP contribution in [0.25, 0.3) is 11.3 Å². The summed E-state index contributed by atoms with van der Waals surface area (Å²) in [5.74, 6) is -1.54. The third-order valence-corrected chi connectivity index (χ3v) is 7.74. The van der Waals surface area contributed by atoms with E-state index in [-0.39, 0.29) is 16.8 Å². The number of H-pyrrole nitrogens is 1. The van der Waals surface area contributed by atoms with E-state index >= 15 is 0 Å². The lowest BCUT2D eigenvalue weighted by Gasteiger charge is -2.37. The Morgan fingerprint density at radius 2 is 1.88 bits per heavy atom. The van der Waals surface area contributed by atoms with Gasteiger partial charge in [0.05, 0.1) is 25.5 Å². The molecule has 4 aromatic rings. The first kappa shape index (κ1) is 27.9. The number of carbonyl (C=O) groups excluding carboxylic acids is 1. The van der Waals surface area contributed by atoms with Gasteiger partial charge in [-0.05, 0) is 70.6 Å². The molecule has 5 rings (SSSR count). The number of hydrogen-bond acceptors (Lipinski definition) is 5. The van der Waals surface area contributed by atoms with E-state index < -0.39 is 35.3 Å². The standard InChI is InChI=1S/C30H29FIN3O5/c1-18(19-6-4-3-5-7-19)26(27(36)33-24-13-10-21(32)14-23(24)31)35-28(37)25(34-29(35)38)20-8-11-22(12-9-20)40-17-30(2)15-39-16-30/h3-14,18,26,37H,15-17H2,1-2H3,(H,33,36)(H,34,38)/t18-,26-/m0/s1. The molecular formula is C30H29FIN3O5. The van der Waals surface area contributed by atoms with Crippen LogP contribution in [0.3, 0.4) is 0 Å². The number of benzene rings is 3. The second-order valence-corrected chi connectivity index (χ2v) is 11.6. The number of anilines is 1. The van der Waals surface area contributed by atoms with Gasteiger partial charge in [0.1, 0.15) is 23.3 Å². The quantitative estimate of drug-likeness (QED) is 0.201. The minimum absolute atomic E-state index is 0.00838. The third kappa shape index (κ3) is 5.78. The number of aromatic hydroxyl groups is 1. The first-order valence-electron chi connectivity index (χ1n) is 12.8. The monoisotopic (exact) mass is 657 g/mol. The van der Waals surface area contributed by atoms with Crippen molar-refractivity contribution in [3.63, 3.8) is 0 Å². The van der Waals surface area contributed by atoms with Crippen LogP contribution in [0.5, 0.6) is 11.6 Å². The van der Waals surface area contributed by atoms with Crippen LogP contribution in [0.1, 0.15) is 31.4 Å². The van der Waals surface area contributed by atoms with Crippen LogP contribution in [-0.2, 0) is 9.53 Å². The first-order valence-corrected chi connectivity index (χ1v) is 13.9. The molecule has 208 valence electrons. The molecule has 0 aliphatic carbocycles. The number of amides is 1. The predicted molar refractivity (Wildman–Crippen MR) is 158 cm³/mol. The van der Waals surface area contributed by atoms with Crippen LogP contribution in [0, 0.1) is 14.8 Å². The zero-order chi connectivity index (χ0) is 28.4. The molecule has 8 nitrogen and oxygen atoms in total. The number of nitrogens with one attached hydrogen (secondary N) is 2. The van der Waals surface area contributed by atoms with Crippen molar-refractivity contribution < 1.29 is 23.8 Å². The number of nitrogens with zero attached hydrogens (tertiary/aromatic N) is 1. The van der Waals surface area contributed by atoms with E-state index in [1.54, 1.807) is 37.3 Å². The highest BCUT2D eigenvalue weighted by Crippen LogP contribution is 2.36. The molecule has 10 heteroatoms. The van der Waals surface area contributed by atoms with Crippen LogP contribution in [-0.4, -0.2) is 40.4 Å². The molecule has 0 bridgehead atoms. The van der Waals surface area contributed by atoms with Crippen LogP contribution >= 0.6 is 22.6 Å². The Morgan fingerprint density at radius 3 is 2.50 bits per heavy atom. The van der Waals surface area contributed by atoms with Crippen LogP contribution in [0.4, 0.5) is 10.1 Å². The minimum Gasteiger partial charge on any atom is -0.493 e. The average Bonchev–Trinajstić information content (AvgIpc) is 3.22. The van der Waals surface area contributed by atoms with Gasteiger partial charge in [-0.3, -0.25) is 4.79 Å². The molecule has 0 saturated carbocycles. The van der Waals surface area contributed by atoms with Gasteiger partial charge in [0, 0.05) is 20.5 Å². The second-order valence-electron chi connectivity index (χ2n) is 10.4. The van der Waals surface area contributed by atoms with Crippen LogP contribution < -0.4 is 15.7 Å². The maximum atomic E-state index is 14.6. The molecule has 1 amide bonds. The number of imidazole rings is 1. The summed E-state index contributed by atoms with van der Waals surface area (Å²) >= 11 is 1.98. The van der Waals surface area contributed by atoms with Gasteiger partial charge in [-0.1, -0.05) is 44.2 Å². The molecule has 2 atom stereocenters. The van der Waals surface area contributed by atoms with E-state index in [9.17, 15) is 19.1 Å². The summed E-state index contributed by atoms with van der Waals surface area (Å²) < 4.78 is 27.4. The van der Waals surface area contributed by atoms with Gasteiger partial charge in [0.25, 0.3) is 0 Å². The summed E-state index contributed by atoms with van der Waals surface area (Å²) in [6.07, 6.45) is 0. The summed E-state index contributed by atoms with van der Waals surface area (Å²) in [4.78, 5) is 29.6. The Bertz CT molecular complexity index is 1560. The molecule has 1 fully saturated rings. The van der Waals surface area contributed by atoms with Crippen molar-refractivity contribution in [2.24, 2.45) is 5.41 Å². The van der Waals surface area contributed by atoms with Gasteiger partial charge < -0.3 is 24.9 Å². The minimum atomic E-state index is -1.19. The zero-order valence-corrected chi connectivity index (χ0v) is 24.1. The number of aromatic amines is 1. The van der Waals surface area contributed by atoms with Gasteiger partial charge in [0.2, 0.25) is 11.8 Å². The van der Waals surface area contributed by atoms with Gasteiger partial charge in [-0.25, -0.2) is 13.8 Å². The largest absolute Gasteiger partial charge is 0.493 e. The highest BCUT2D eigenvalue weighted by atomic mass is 127. The van der Waals surface area contributed by atoms with Crippen molar-refractivity contribution in [1.82, 2.24) is 9.55 Å². The van der Waals surface area contributed by atoms with Crippen molar-refractivity contribution in [3.8, 4) is 22.9 Å². The fraction of sp³-hybridized carbons (Fsp3) is 0.267. The normalized spacial score (nSPS) is 15.6. The molecular weight excluding hydrogens is 628 g/mol. The summed E-state index contributed by atoms with van der Waals surface area (Å²) in [6, 6.07) is 19.4. The average molecular weight is 657 g/mol. The number of halogens is 2. The van der Waals surface area contributed by atoms with Crippen LogP contribution in [0.15, 0.2) is 77.6 Å². The SMILES string of the molecule is C[C@@H](c1ccccc1)[C@@H](C(=O)Nc1ccc(I)cc1F)n1c(O)c(-c2ccc(OCC3(C)COC3)cc2)[nH]c1=O. The Kier molecular flexibility index (Phi) is 7.99. The lowest BCUT2D eigenvalue weighted by Crippen LogP contribution is -2.44.